The van der Waals surface area contributed by atoms with E-state index in [1.807, 2.05) is 13.8 Å². The van der Waals surface area contributed by atoms with Gasteiger partial charge in [0.05, 0.1) is 19.2 Å². The zero-order valence-corrected chi connectivity index (χ0v) is 12.5. The molecule has 2 amide bonds. The molecule has 1 saturated heterocycles. The average molecular weight is 289 g/mol. The number of amides is 2. The minimum atomic E-state index is -0.470. The average Bonchev–Trinajstić information content (AvgIpc) is 2.41. The van der Waals surface area contributed by atoms with Crippen molar-refractivity contribution in [3.05, 3.63) is 35.4 Å². The van der Waals surface area contributed by atoms with Crippen LogP contribution in [0.25, 0.3) is 0 Å². The Morgan fingerprint density at radius 2 is 1.76 bits per heavy atom. The second kappa shape index (κ2) is 5.68. The Labute approximate surface area is 123 Å². The highest BCUT2D eigenvalue weighted by molar-refractivity contribution is 5.99. The van der Waals surface area contributed by atoms with E-state index in [-0.39, 0.29) is 23.8 Å². The molecule has 0 aliphatic carbocycles. The van der Waals surface area contributed by atoms with Crippen LogP contribution in [0.4, 0.5) is 0 Å². The highest BCUT2D eigenvalue weighted by Crippen LogP contribution is 2.32. The Bertz CT molecular complexity index is 572. The summed E-state index contributed by atoms with van der Waals surface area (Å²) in [6.45, 7) is 3.92. The van der Waals surface area contributed by atoms with Crippen molar-refractivity contribution in [2.75, 3.05) is 7.11 Å². The van der Waals surface area contributed by atoms with Gasteiger partial charge in [-0.3, -0.25) is 14.5 Å². The lowest BCUT2D eigenvalue weighted by molar-refractivity contribution is -0.153. The van der Waals surface area contributed by atoms with E-state index < -0.39 is 5.97 Å². The van der Waals surface area contributed by atoms with E-state index in [0.717, 1.165) is 0 Å². The second-order valence-electron chi connectivity index (χ2n) is 6.04. The third-order valence-electron chi connectivity index (χ3n) is 3.61. The molecule has 0 radical (unpaired) electrons. The lowest BCUT2D eigenvalue weighted by Gasteiger charge is -2.34. The fraction of sp³-hybridized carbons (Fsp3) is 0.438. The summed E-state index contributed by atoms with van der Waals surface area (Å²) in [7, 11) is 1.30. The third kappa shape index (κ3) is 3.29. The van der Waals surface area contributed by atoms with Crippen LogP contribution < -0.4 is 0 Å². The molecule has 1 aliphatic heterocycles. The van der Waals surface area contributed by atoms with Gasteiger partial charge >= 0.3 is 5.97 Å². The summed E-state index contributed by atoms with van der Waals surface area (Å²) in [5.74, 6) is -0.866. The maximum absolute atomic E-state index is 12.2. The molecule has 112 valence electrons. The summed E-state index contributed by atoms with van der Waals surface area (Å²) in [6.07, 6.45) is 0.665. The summed E-state index contributed by atoms with van der Waals surface area (Å²) >= 11 is 0. The molecule has 0 spiro atoms. The van der Waals surface area contributed by atoms with Crippen LogP contribution in [0.15, 0.2) is 24.3 Å². The summed E-state index contributed by atoms with van der Waals surface area (Å²) in [5, 5.41) is 0. The van der Waals surface area contributed by atoms with Gasteiger partial charge in [0.25, 0.3) is 0 Å². The van der Waals surface area contributed by atoms with Crippen molar-refractivity contribution in [1.82, 2.24) is 4.90 Å². The van der Waals surface area contributed by atoms with E-state index in [1.54, 1.807) is 24.3 Å². The van der Waals surface area contributed by atoms with Crippen molar-refractivity contribution in [1.29, 1.82) is 0 Å². The van der Waals surface area contributed by atoms with Gasteiger partial charge < -0.3 is 4.74 Å². The summed E-state index contributed by atoms with van der Waals surface area (Å²) < 4.78 is 4.73. The van der Waals surface area contributed by atoms with Crippen LogP contribution in [0.1, 0.15) is 42.6 Å². The number of likely N-dealkylation sites (tertiary alicyclic amines) is 1. The molecule has 5 nitrogen and oxygen atoms in total. The second-order valence-corrected chi connectivity index (χ2v) is 6.04. The first kappa shape index (κ1) is 15.2. The Morgan fingerprint density at radius 1 is 1.19 bits per heavy atom. The van der Waals surface area contributed by atoms with Gasteiger partial charge in [0.2, 0.25) is 11.8 Å². The number of benzene rings is 1. The van der Waals surface area contributed by atoms with E-state index in [2.05, 4.69) is 0 Å². The van der Waals surface area contributed by atoms with Gasteiger partial charge in [-0.05, 0) is 17.0 Å². The third-order valence-corrected chi connectivity index (χ3v) is 3.61. The number of piperidine rings is 1. The van der Waals surface area contributed by atoms with Crippen molar-refractivity contribution in [3.8, 4) is 0 Å². The first-order valence-corrected chi connectivity index (χ1v) is 6.83. The lowest BCUT2D eigenvalue weighted by Crippen LogP contribution is -2.45. The predicted molar refractivity (Wildman–Crippen MR) is 76.4 cm³/mol. The maximum Gasteiger partial charge on any atom is 0.338 e. The first-order chi connectivity index (χ1) is 9.84. The molecule has 1 aromatic carbocycles. The number of carbonyl (C=O) groups is 3. The normalized spacial score (nSPS) is 17.8. The Hall–Kier alpha value is -2.17. The van der Waals surface area contributed by atoms with Crippen molar-refractivity contribution in [2.24, 2.45) is 5.41 Å². The Kier molecular flexibility index (Phi) is 4.11. The van der Waals surface area contributed by atoms with E-state index in [4.69, 9.17) is 4.74 Å². The molecule has 21 heavy (non-hydrogen) atoms. The van der Waals surface area contributed by atoms with Gasteiger partial charge in [-0.1, -0.05) is 32.0 Å². The molecular formula is C16H19NO4. The number of methoxy groups -OCH3 is 1. The summed E-state index contributed by atoms with van der Waals surface area (Å²) in [4.78, 5) is 37.3. The highest BCUT2D eigenvalue weighted by Gasteiger charge is 2.37. The number of hydrogen-bond acceptors (Lipinski definition) is 4. The molecule has 0 unspecified atom stereocenters. The molecule has 1 heterocycles. The Balaban J connectivity index is 2.25. The molecule has 0 N–H and O–H groups in total. The van der Waals surface area contributed by atoms with Crippen molar-refractivity contribution >= 4 is 17.8 Å². The van der Waals surface area contributed by atoms with Crippen LogP contribution in [-0.4, -0.2) is 29.8 Å². The number of rotatable bonds is 3. The maximum atomic E-state index is 12.2. The van der Waals surface area contributed by atoms with Gasteiger partial charge in [0.15, 0.2) is 0 Å². The quantitative estimate of drug-likeness (QED) is 0.632. The van der Waals surface area contributed by atoms with Crippen molar-refractivity contribution in [2.45, 2.75) is 33.2 Å². The van der Waals surface area contributed by atoms with E-state index in [9.17, 15) is 14.4 Å². The van der Waals surface area contributed by atoms with Gasteiger partial charge in [-0.25, -0.2) is 4.79 Å². The van der Waals surface area contributed by atoms with Crippen LogP contribution in [0.3, 0.4) is 0 Å². The standard InChI is InChI=1S/C16H19NO4/c1-16(2)8-13(18)17(14(19)9-16)10-11-6-4-5-7-12(11)15(20)21-3/h4-7H,8-10H2,1-3H3. The minimum absolute atomic E-state index is 0.110. The molecule has 0 saturated carbocycles. The molecule has 1 aromatic rings. The number of ether oxygens (including phenoxy) is 1. The summed E-state index contributed by atoms with van der Waals surface area (Å²) in [6, 6.07) is 6.85. The molecule has 1 fully saturated rings. The molecule has 0 aromatic heterocycles. The largest absolute Gasteiger partial charge is 0.465 e. The zero-order valence-electron chi connectivity index (χ0n) is 12.5. The number of nitrogens with zero attached hydrogens (tertiary/aromatic N) is 1. The SMILES string of the molecule is COC(=O)c1ccccc1CN1C(=O)CC(C)(C)CC1=O. The molecule has 1 aliphatic rings. The van der Waals surface area contributed by atoms with Gasteiger partial charge in [0, 0.05) is 12.8 Å². The van der Waals surface area contributed by atoms with E-state index in [0.29, 0.717) is 24.0 Å². The Morgan fingerprint density at radius 3 is 2.33 bits per heavy atom. The molecule has 0 atom stereocenters. The minimum Gasteiger partial charge on any atom is -0.465 e. The highest BCUT2D eigenvalue weighted by atomic mass is 16.5. The first-order valence-electron chi connectivity index (χ1n) is 6.83. The lowest BCUT2D eigenvalue weighted by atomic mass is 9.81. The zero-order chi connectivity index (χ0) is 15.6. The van der Waals surface area contributed by atoms with Crippen LogP contribution in [-0.2, 0) is 20.9 Å². The fourth-order valence-corrected chi connectivity index (χ4v) is 2.53. The van der Waals surface area contributed by atoms with Crippen LogP contribution in [0.5, 0.6) is 0 Å². The number of hydrogen-bond donors (Lipinski definition) is 0. The van der Waals surface area contributed by atoms with Crippen LogP contribution in [0.2, 0.25) is 0 Å². The summed E-state index contributed by atoms with van der Waals surface area (Å²) in [5.41, 5.74) is 0.697. The molecule has 0 bridgehead atoms. The monoisotopic (exact) mass is 289 g/mol. The fourth-order valence-electron chi connectivity index (χ4n) is 2.53. The predicted octanol–water partition coefficient (Wildman–Crippen LogP) is 2.15. The van der Waals surface area contributed by atoms with Crippen LogP contribution >= 0.6 is 0 Å². The van der Waals surface area contributed by atoms with Crippen molar-refractivity contribution in [3.63, 3.8) is 0 Å². The molecule has 2 rings (SSSR count). The van der Waals surface area contributed by atoms with Crippen molar-refractivity contribution < 1.29 is 19.1 Å². The topological polar surface area (TPSA) is 63.7 Å². The van der Waals surface area contributed by atoms with Gasteiger partial charge in [-0.2, -0.15) is 0 Å². The molecular weight excluding hydrogens is 270 g/mol. The number of carbonyl (C=O) groups excluding carboxylic acids is 3. The van der Waals surface area contributed by atoms with Crippen LogP contribution in [0, 0.1) is 5.41 Å². The molecule has 5 heteroatoms. The number of imide groups is 1. The van der Waals surface area contributed by atoms with E-state index >= 15 is 0 Å². The van der Waals surface area contributed by atoms with Gasteiger partial charge in [0.1, 0.15) is 0 Å². The number of esters is 1. The smallest absolute Gasteiger partial charge is 0.338 e. The van der Waals surface area contributed by atoms with Gasteiger partial charge in [-0.15, -0.1) is 0 Å². The van der Waals surface area contributed by atoms with E-state index in [1.165, 1.54) is 12.0 Å².